The summed E-state index contributed by atoms with van der Waals surface area (Å²) in [6.07, 6.45) is -0.667. The Bertz CT molecular complexity index is 579. The SMILES string of the molecule is CCC(C)(NC(=O)C(C)Oc1ccccc1C#N)C(=O)O. The average molecular weight is 290 g/mol. The summed E-state index contributed by atoms with van der Waals surface area (Å²) >= 11 is 0. The molecule has 1 aromatic rings. The maximum Gasteiger partial charge on any atom is 0.329 e. The summed E-state index contributed by atoms with van der Waals surface area (Å²) in [7, 11) is 0. The molecule has 0 bridgehead atoms. The van der Waals surface area contributed by atoms with Crippen LogP contribution >= 0.6 is 0 Å². The molecule has 1 rings (SSSR count). The fourth-order valence-corrected chi connectivity index (χ4v) is 1.57. The number of carbonyl (C=O) groups is 2. The number of nitrogens with one attached hydrogen (secondary N) is 1. The predicted molar refractivity (Wildman–Crippen MR) is 75.7 cm³/mol. The highest BCUT2D eigenvalue weighted by Crippen LogP contribution is 2.18. The standard InChI is InChI=1S/C15H18N2O4/c1-4-15(3,14(19)20)17-13(18)10(2)21-12-8-6-5-7-11(12)9-16/h5-8,10H,4H2,1-3H3,(H,17,18)(H,19,20). The van der Waals surface area contributed by atoms with Crippen molar-refractivity contribution in [3.05, 3.63) is 29.8 Å². The van der Waals surface area contributed by atoms with E-state index in [2.05, 4.69) is 5.32 Å². The molecule has 0 fully saturated rings. The van der Waals surface area contributed by atoms with Crippen molar-refractivity contribution in [2.45, 2.75) is 38.8 Å². The first-order valence-corrected chi connectivity index (χ1v) is 6.55. The van der Waals surface area contributed by atoms with Crippen LogP contribution in [0.25, 0.3) is 0 Å². The third-order valence-corrected chi connectivity index (χ3v) is 3.26. The third kappa shape index (κ3) is 3.96. The minimum absolute atomic E-state index is 0.246. The van der Waals surface area contributed by atoms with Gasteiger partial charge in [-0.3, -0.25) is 4.79 Å². The number of para-hydroxylation sites is 1. The van der Waals surface area contributed by atoms with Crippen LogP contribution in [-0.2, 0) is 9.59 Å². The van der Waals surface area contributed by atoms with E-state index in [4.69, 9.17) is 15.1 Å². The smallest absolute Gasteiger partial charge is 0.329 e. The molecule has 1 amide bonds. The second-order valence-corrected chi connectivity index (χ2v) is 4.85. The molecule has 0 saturated carbocycles. The zero-order valence-electron chi connectivity index (χ0n) is 12.2. The lowest BCUT2D eigenvalue weighted by atomic mass is 9.99. The minimum atomic E-state index is -1.34. The molecule has 6 nitrogen and oxygen atoms in total. The van der Waals surface area contributed by atoms with Gasteiger partial charge in [0.1, 0.15) is 17.4 Å². The molecule has 0 aliphatic heterocycles. The number of hydrogen-bond acceptors (Lipinski definition) is 4. The van der Waals surface area contributed by atoms with Gasteiger partial charge in [0.2, 0.25) is 0 Å². The monoisotopic (exact) mass is 290 g/mol. The maximum absolute atomic E-state index is 12.0. The molecule has 2 atom stereocenters. The van der Waals surface area contributed by atoms with E-state index >= 15 is 0 Å². The Balaban J connectivity index is 2.80. The molecule has 0 spiro atoms. The number of hydrogen-bond donors (Lipinski definition) is 2. The molecule has 2 N–H and O–H groups in total. The van der Waals surface area contributed by atoms with Crippen LogP contribution < -0.4 is 10.1 Å². The third-order valence-electron chi connectivity index (χ3n) is 3.26. The number of carbonyl (C=O) groups excluding carboxylic acids is 1. The van der Waals surface area contributed by atoms with E-state index in [0.29, 0.717) is 5.56 Å². The summed E-state index contributed by atoms with van der Waals surface area (Å²) < 4.78 is 5.44. The minimum Gasteiger partial charge on any atom is -0.480 e. The van der Waals surface area contributed by atoms with E-state index in [1.165, 1.54) is 13.8 Å². The summed E-state index contributed by atoms with van der Waals surface area (Å²) in [5.74, 6) is -1.37. The Kier molecular flexibility index (Phi) is 5.30. The first-order valence-electron chi connectivity index (χ1n) is 6.55. The fourth-order valence-electron chi connectivity index (χ4n) is 1.57. The largest absolute Gasteiger partial charge is 0.480 e. The highest BCUT2D eigenvalue weighted by atomic mass is 16.5. The Morgan fingerprint density at radius 2 is 2.10 bits per heavy atom. The maximum atomic E-state index is 12.0. The van der Waals surface area contributed by atoms with Gasteiger partial charge in [-0.1, -0.05) is 19.1 Å². The van der Waals surface area contributed by atoms with Crippen LogP contribution in [0.5, 0.6) is 5.75 Å². The van der Waals surface area contributed by atoms with E-state index in [0.717, 1.165) is 0 Å². The van der Waals surface area contributed by atoms with Gasteiger partial charge in [-0.15, -0.1) is 0 Å². The lowest BCUT2D eigenvalue weighted by Gasteiger charge is -2.26. The summed E-state index contributed by atoms with van der Waals surface area (Å²) in [6.45, 7) is 4.61. The van der Waals surface area contributed by atoms with Gasteiger partial charge in [-0.2, -0.15) is 5.26 Å². The Hall–Kier alpha value is -2.55. The summed E-state index contributed by atoms with van der Waals surface area (Å²) in [6, 6.07) is 8.50. The van der Waals surface area contributed by atoms with Gasteiger partial charge in [-0.25, -0.2) is 4.79 Å². The molecular weight excluding hydrogens is 272 g/mol. The molecule has 6 heteroatoms. The number of nitriles is 1. The number of carboxylic acids is 1. The zero-order chi connectivity index (χ0) is 16.0. The first-order chi connectivity index (χ1) is 9.84. The molecule has 21 heavy (non-hydrogen) atoms. The van der Waals surface area contributed by atoms with Crippen LogP contribution in [-0.4, -0.2) is 28.6 Å². The van der Waals surface area contributed by atoms with Crippen LogP contribution in [0.15, 0.2) is 24.3 Å². The van der Waals surface area contributed by atoms with Gasteiger partial charge in [0.15, 0.2) is 6.10 Å². The van der Waals surface area contributed by atoms with Crippen LogP contribution in [0.3, 0.4) is 0 Å². The van der Waals surface area contributed by atoms with Gasteiger partial charge in [0.05, 0.1) is 5.56 Å². The van der Waals surface area contributed by atoms with Crippen molar-refractivity contribution in [1.82, 2.24) is 5.32 Å². The van der Waals surface area contributed by atoms with Gasteiger partial charge in [-0.05, 0) is 32.4 Å². The predicted octanol–water partition coefficient (Wildman–Crippen LogP) is 1.70. The average Bonchev–Trinajstić information content (AvgIpc) is 2.47. The summed E-state index contributed by atoms with van der Waals surface area (Å²) in [4.78, 5) is 23.2. The molecule has 0 saturated heterocycles. The van der Waals surface area contributed by atoms with Crippen molar-refractivity contribution in [3.8, 4) is 11.8 Å². The summed E-state index contributed by atoms with van der Waals surface area (Å²) in [5, 5.41) is 20.5. The molecule has 0 aliphatic rings. The van der Waals surface area contributed by atoms with Crippen molar-refractivity contribution in [2.75, 3.05) is 0 Å². The lowest BCUT2D eigenvalue weighted by molar-refractivity contribution is -0.148. The zero-order valence-corrected chi connectivity index (χ0v) is 12.2. The van der Waals surface area contributed by atoms with Gasteiger partial charge in [0, 0.05) is 0 Å². The van der Waals surface area contributed by atoms with Gasteiger partial charge < -0.3 is 15.2 Å². The van der Waals surface area contributed by atoms with E-state index in [9.17, 15) is 9.59 Å². The second kappa shape index (κ2) is 6.75. The van der Waals surface area contributed by atoms with Crippen LogP contribution in [0.4, 0.5) is 0 Å². The Morgan fingerprint density at radius 3 is 2.62 bits per heavy atom. The van der Waals surface area contributed by atoms with Gasteiger partial charge >= 0.3 is 5.97 Å². The van der Waals surface area contributed by atoms with Crippen LogP contribution in [0.2, 0.25) is 0 Å². The second-order valence-electron chi connectivity index (χ2n) is 4.85. The molecule has 0 heterocycles. The van der Waals surface area contributed by atoms with E-state index in [-0.39, 0.29) is 12.2 Å². The van der Waals surface area contributed by atoms with Crippen LogP contribution in [0, 0.1) is 11.3 Å². The van der Waals surface area contributed by atoms with E-state index in [1.807, 2.05) is 6.07 Å². The van der Waals surface area contributed by atoms with E-state index < -0.39 is 23.5 Å². The van der Waals surface area contributed by atoms with Crippen LogP contribution in [0.1, 0.15) is 32.8 Å². The number of benzene rings is 1. The van der Waals surface area contributed by atoms with Gasteiger partial charge in [0.25, 0.3) is 5.91 Å². The van der Waals surface area contributed by atoms with E-state index in [1.54, 1.807) is 31.2 Å². The molecule has 2 unspecified atom stereocenters. The number of ether oxygens (including phenoxy) is 1. The Morgan fingerprint density at radius 1 is 1.48 bits per heavy atom. The highest BCUT2D eigenvalue weighted by Gasteiger charge is 2.34. The molecule has 1 aromatic carbocycles. The van der Waals surface area contributed by atoms with Crippen molar-refractivity contribution in [1.29, 1.82) is 5.26 Å². The van der Waals surface area contributed by atoms with Crippen molar-refractivity contribution in [2.24, 2.45) is 0 Å². The van der Waals surface area contributed by atoms with Crippen molar-refractivity contribution >= 4 is 11.9 Å². The topological polar surface area (TPSA) is 99.4 Å². The quantitative estimate of drug-likeness (QED) is 0.830. The first kappa shape index (κ1) is 16.5. The number of nitrogens with zero attached hydrogens (tertiary/aromatic N) is 1. The number of rotatable bonds is 6. The molecule has 0 radical (unpaired) electrons. The highest BCUT2D eigenvalue weighted by molar-refractivity contribution is 5.88. The fraction of sp³-hybridized carbons (Fsp3) is 0.400. The number of carboxylic acid groups (broad SMARTS) is 1. The molecule has 112 valence electrons. The normalized spacial score (nSPS) is 14.4. The number of aliphatic carboxylic acids is 1. The molecule has 0 aromatic heterocycles. The molecular formula is C15H18N2O4. The lowest BCUT2D eigenvalue weighted by Crippen LogP contribution is -2.54. The Labute approximate surface area is 123 Å². The number of amides is 1. The van der Waals surface area contributed by atoms with Crippen molar-refractivity contribution < 1.29 is 19.4 Å². The molecule has 0 aliphatic carbocycles. The van der Waals surface area contributed by atoms with Crippen molar-refractivity contribution in [3.63, 3.8) is 0 Å². The summed E-state index contributed by atoms with van der Waals surface area (Å²) in [5.41, 5.74) is -1.03.